The topological polar surface area (TPSA) is 70.2 Å². The van der Waals surface area contributed by atoms with Gasteiger partial charge in [-0.15, -0.1) is 0 Å². The van der Waals surface area contributed by atoms with E-state index in [1.807, 2.05) is 6.07 Å². The fourth-order valence-electron chi connectivity index (χ4n) is 3.12. The molecule has 1 aromatic rings. The van der Waals surface area contributed by atoms with Gasteiger partial charge in [0, 0.05) is 25.2 Å². The van der Waals surface area contributed by atoms with Gasteiger partial charge in [-0.05, 0) is 25.7 Å². The summed E-state index contributed by atoms with van der Waals surface area (Å²) >= 11 is 0. The zero-order chi connectivity index (χ0) is 14.5. The molecule has 1 aliphatic carbocycles. The van der Waals surface area contributed by atoms with Crippen LogP contribution < -0.4 is 15.5 Å². The Morgan fingerprint density at radius 1 is 1.10 bits per heavy atom. The number of aromatic nitrogens is 2. The van der Waals surface area contributed by atoms with Crippen LogP contribution in [-0.2, 0) is 0 Å². The Balaban J connectivity index is 1.56. The third-order valence-corrected chi connectivity index (χ3v) is 4.26. The van der Waals surface area contributed by atoms with E-state index in [0.29, 0.717) is 11.9 Å². The van der Waals surface area contributed by atoms with Crippen LogP contribution in [-0.4, -0.2) is 35.1 Å². The van der Waals surface area contributed by atoms with Crippen molar-refractivity contribution in [2.24, 2.45) is 0 Å². The molecule has 3 rings (SSSR count). The Morgan fingerprint density at radius 3 is 2.62 bits per heavy atom. The second-order valence-corrected chi connectivity index (χ2v) is 5.89. The van der Waals surface area contributed by atoms with Gasteiger partial charge in [-0.1, -0.05) is 19.3 Å². The Hall–Kier alpha value is -1.85. The minimum atomic E-state index is -0.159. The molecule has 2 heterocycles. The van der Waals surface area contributed by atoms with Crippen LogP contribution in [0.3, 0.4) is 0 Å². The molecular formula is C15H23N5O. The Morgan fingerprint density at radius 2 is 1.86 bits per heavy atom. The predicted octanol–water partition coefficient (Wildman–Crippen LogP) is 2.53. The van der Waals surface area contributed by atoms with E-state index in [1.165, 1.54) is 38.4 Å². The average molecular weight is 289 g/mol. The molecule has 0 atom stereocenters. The van der Waals surface area contributed by atoms with Gasteiger partial charge in [-0.25, -0.2) is 14.8 Å². The van der Waals surface area contributed by atoms with Crippen LogP contribution in [0, 0.1) is 0 Å². The summed E-state index contributed by atoms with van der Waals surface area (Å²) < 4.78 is 0. The number of hydrogen-bond donors (Lipinski definition) is 2. The number of carbonyl (C=O) groups excluding carboxylic acids is 1. The highest BCUT2D eigenvalue weighted by atomic mass is 16.2. The molecule has 0 unspecified atom stereocenters. The van der Waals surface area contributed by atoms with Gasteiger partial charge in [0.2, 0.25) is 0 Å². The molecule has 2 fully saturated rings. The molecule has 0 radical (unpaired) electrons. The minimum absolute atomic E-state index is 0.159. The van der Waals surface area contributed by atoms with Crippen molar-refractivity contribution in [3.05, 3.63) is 12.4 Å². The largest absolute Gasteiger partial charge is 0.356 e. The van der Waals surface area contributed by atoms with Crippen molar-refractivity contribution in [1.29, 1.82) is 0 Å². The number of nitrogens with zero attached hydrogens (tertiary/aromatic N) is 3. The standard InChI is InChI=1S/C15H23N5O/c21-15(18-12-6-2-1-3-7-12)19-13-10-14(17-11-16-13)20-8-4-5-9-20/h10-12H,1-9H2,(H2,16,17,18,19,21). The quantitative estimate of drug-likeness (QED) is 0.897. The molecular weight excluding hydrogens is 266 g/mol. The van der Waals surface area contributed by atoms with Crippen molar-refractivity contribution in [2.45, 2.75) is 51.0 Å². The number of amides is 2. The predicted molar refractivity (Wildman–Crippen MR) is 82.5 cm³/mol. The second-order valence-electron chi connectivity index (χ2n) is 5.89. The molecule has 1 aromatic heterocycles. The molecule has 114 valence electrons. The van der Waals surface area contributed by atoms with Crippen LogP contribution in [0.1, 0.15) is 44.9 Å². The average Bonchev–Trinajstić information content (AvgIpc) is 3.02. The highest BCUT2D eigenvalue weighted by Gasteiger charge is 2.17. The van der Waals surface area contributed by atoms with Crippen LogP contribution in [0.5, 0.6) is 0 Å². The third kappa shape index (κ3) is 3.83. The number of urea groups is 1. The van der Waals surface area contributed by atoms with Gasteiger partial charge in [-0.2, -0.15) is 0 Å². The van der Waals surface area contributed by atoms with Gasteiger partial charge >= 0.3 is 6.03 Å². The Bertz CT molecular complexity index is 481. The maximum Gasteiger partial charge on any atom is 0.320 e. The molecule has 0 spiro atoms. The molecule has 6 heteroatoms. The maximum atomic E-state index is 12.0. The summed E-state index contributed by atoms with van der Waals surface area (Å²) in [6, 6.07) is 2.00. The van der Waals surface area contributed by atoms with Crippen LogP contribution in [0.25, 0.3) is 0 Å². The smallest absolute Gasteiger partial charge is 0.320 e. The number of carbonyl (C=O) groups is 1. The molecule has 2 amide bonds. The maximum absolute atomic E-state index is 12.0. The molecule has 1 saturated carbocycles. The van der Waals surface area contributed by atoms with Crippen molar-refractivity contribution in [3.8, 4) is 0 Å². The lowest BCUT2D eigenvalue weighted by molar-refractivity contribution is 0.244. The summed E-state index contributed by atoms with van der Waals surface area (Å²) in [5.41, 5.74) is 0. The van der Waals surface area contributed by atoms with E-state index in [1.54, 1.807) is 0 Å². The van der Waals surface area contributed by atoms with Crippen molar-refractivity contribution in [2.75, 3.05) is 23.3 Å². The molecule has 6 nitrogen and oxygen atoms in total. The molecule has 1 aliphatic heterocycles. The summed E-state index contributed by atoms with van der Waals surface area (Å²) in [7, 11) is 0. The minimum Gasteiger partial charge on any atom is -0.356 e. The van der Waals surface area contributed by atoms with Gasteiger partial charge in [-0.3, -0.25) is 5.32 Å². The fourth-order valence-corrected chi connectivity index (χ4v) is 3.12. The molecule has 21 heavy (non-hydrogen) atoms. The van der Waals surface area contributed by atoms with E-state index < -0.39 is 0 Å². The molecule has 0 aromatic carbocycles. The third-order valence-electron chi connectivity index (χ3n) is 4.26. The summed E-state index contributed by atoms with van der Waals surface area (Å²) in [4.78, 5) is 22.7. The number of hydrogen-bond acceptors (Lipinski definition) is 4. The monoisotopic (exact) mass is 289 g/mol. The lowest BCUT2D eigenvalue weighted by atomic mass is 9.96. The van der Waals surface area contributed by atoms with Crippen molar-refractivity contribution >= 4 is 17.7 Å². The first-order valence-electron chi connectivity index (χ1n) is 7.96. The first-order chi connectivity index (χ1) is 10.3. The first kappa shape index (κ1) is 14.1. The lowest BCUT2D eigenvalue weighted by Gasteiger charge is -2.23. The van der Waals surface area contributed by atoms with E-state index >= 15 is 0 Å². The fraction of sp³-hybridized carbons (Fsp3) is 0.667. The zero-order valence-corrected chi connectivity index (χ0v) is 12.3. The number of anilines is 2. The van der Waals surface area contributed by atoms with Crippen LogP contribution in [0.4, 0.5) is 16.4 Å². The van der Waals surface area contributed by atoms with Gasteiger partial charge in [0.15, 0.2) is 0 Å². The van der Waals surface area contributed by atoms with E-state index in [4.69, 9.17) is 0 Å². The van der Waals surface area contributed by atoms with Crippen LogP contribution >= 0.6 is 0 Å². The first-order valence-corrected chi connectivity index (χ1v) is 7.96. The molecule has 2 N–H and O–H groups in total. The zero-order valence-electron chi connectivity index (χ0n) is 12.3. The Kier molecular flexibility index (Phi) is 4.52. The van der Waals surface area contributed by atoms with E-state index in [2.05, 4.69) is 25.5 Å². The molecule has 2 aliphatic rings. The molecule has 1 saturated heterocycles. The highest BCUT2D eigenvalue weighted by molar-refractivity contribution is 5.88. The molecule has 0 bridgehead atoms. The summed E-state index contributed by atoms with van der Waals surface area (Å²) in [5.74, 6) is 1.47. The van der Waals surface area contributed by atoms with E-state index in [9.17, 15) is 4.79 Å². The Labute approximate surface area is 125 Å². The lowest BCUT2D eigenvalue weighted by Crippen LogP contribution is -2.39. The van der Waals surface area contributed by atoms with Gasteiger partial charge in [0.1, 0.15) is 18.0 Å². The SMILES string of the molecule is O=C(Nc1cc(N2CCCC2)ncn1)NC1CCCCC1. The van der Waals surface area contributed by atoms with Gasteiger partial charge in [0.25, 0.3) is 0 Å². The van der Waals surface area contributed by atoms with E-state index in [0.717, 1.165) is 31.7 Å². The summed E-state index contributed by atoms with van der Waals surface area (Å²) in [6.07, 6.45) is 9.78. The van der Waals surface area contributed by atoms with Crippen molar-refractivity contribution in [3.63, 3.8) is 0 Å². The van der Waals surface area contributed by atoms with Crippen LogP contribution in [0.15, 0.2) is 12.4 Å². The highest BCUT2D eigenvalue weighted by Crippen LogP contribution is 2.20. The summed E-state index contributed by atoms with van der Waals surface area (Å²) in [5, 5.41) is 5.86. The second kappa shape index (κ2) is 6.74. The van der Waals surface area contributed by atoms with Crippen LogP contribution in [0.2, 0.25) is 0 Å². The summed E-state index contributed by atoms with van der Waals surface area (Å²) in [6.45, 7) is 2.06. The van der Waals surface area contributed by atoms with Crippen molar-refractivity contribution < 1.29 is 4.79 Å². The van der Waals surface area contributed by atoms with Gasteiger partial charge < -0.3 is 10.2 Å². The normalized spacial score (nSPS) is 19.5. The van der Waals surface area contributed by atoms with E-state index in [-0.39, 0.29) is 6.03 Å². The number of rotatable bonds is 3. The number of nitrogens with one attached hydrogen (secondary N) is 2. The van der Waals surface area contributed by atoms with Crippen molar-refractivity contribution in [1.82, 2.24) is 15.3 Å². The van der Waals surface area contributed by atoms with Gasteiger partial charge in [0.05, 0.1) is 0 Å².